The van der Waals surface area contributed by atoms with E-state index in [0.29, 0.717) is 18.2 Å². The highest BCUT2D eigenvalue weighted by molar-refractivity contribution is 7.16. The van der Waals surface area contributed by atoms with E-state index in [1.165, 1.54) is 5.56 Å². The molecule has 0 saturated heterocycles. The van der Waals surface area contributed by atoms with Crippen molar-refractivity contribution in [1.29, 1.82) is 0 Å². The molecule has 0 amide bonds. The number of aromatic nitrogens is 2. The van der Waals surface area contributed by atoms with Crippen LogP contribution in [0, 0.1) is 6.92 Å². The molecular formula is C14H13N3OS. The number of anilines is 1. The molecule has 3 aromatic rings. The number of nitrogen functional groups attached to an aromatic ring is 1. The summed E-state index contributed by atoms with van der Waals surface area (Å²) < 4.78 is 5.65. The first-order valence-electron chi connectivity index (χ1n) is 5.91. The first-order chi connectivity index (χ1) is 9.22. The van der Waals surface area contributed by atoms with Crippen molar-refractivity contribution in [1.82, 2.24) is 9.97 Å². The quantitative estimate of drug-likeness (QED) is 0.795. The number of aryl methyl sites for hydroxylation is 1. The minimum atomic E-state index is 0.321. The van der Waals surface area contributed by atoms with Gasteiger partial charge in [0.1, 0.15) is 23.0 Å². The molecule has 0 aliphatic heterocycles. The van der Waals surface area contributed by atoms with Gasteiger partial charge in [-0.2, -0.15) is 0 Å². The molecule has 19 heavy (non-hydrogen) atoms. The number of fused-ring (bicyclic) bond motifs is 1. The average molecular weight is 271 g/mol. The molecule has 0 bridgehead atoms. The highest BCUT2D eigenvalue weighted by Gasteiger charge is 2.06. The summed E-state index contributed by atoms with van der Waals surface area (Å²) in [4.78, 5) is 9.58. The van der Waals surface area contributed by atoms with Gasteiger partial charge >= 0.3 is 0 Å². The molecule has 0 atom stereocenters. The van der Waals surface area contributed by atoms with Crippen LogP contribution in [0.3, 0.4) is 0 Å². The fourth-order valence-electron chi connectivity index (χ4n) is 1.77. The van der Waals surface area contributed by atoms with Crippen molar-refractivity contribution in [2.24, 2.45) is 0 Å². The summed E-state index contributed by atoms with van der Waals surface area (Å²) in [5, 5.41) is 2.87. The number of ether oxygens (including phenoxy) is 1. The van der Waals surface area contributed by atoms with Crippen LogP contribution in [-0.2, 0) is 6.61 Å². The van der Waals surface area contributed by atoms with Gasteiger partial charge < -0.3 is 10.5 Å². The lowest BCUT2D eigenvalue weighted by atomic mass is 10.2. The molecular weight excluding hydrogens is 258 g/mol. The lowest BCUT2D eigenvalue weighted by Gasteiger charge is -2.06. The summed E-state index contributed by atoms with van der Waals surface area (Å²) in [5.41, 5.74) is 7.09. The van der Waals surface area contributed by atoms with Gasteiger partial charge in [-0.3, -0.25) is 0 Å². The first-order valence-corrected chi connectivity index (χ1v) is 6.79. The summed E-state index contributed by atoms with van der Waals surface area (Å²) in [6, 6.07) is 9.81. The van der Waals surface area contributed by atoms with Gasteiger partial charge in [0.05, 0.1) is 5.39 Å². The maximum atomic E-state index is 5.89. The maximum Gasteiger partial charge on any atom is 0.169 e. The second kappa shape index (κ2) is 4.85. The van der Waals surface area contributed by atoms with Gasteiger partial charge in [-0.25, -0.2) is 9.97 Å². The van der Waals surface area contributed by atoms with E-state index < -0.39 is 0 Å². The Hall–Kier alpha value is -2.14. The van der Waals surface area contributed by atoms with Gasteiger partial charge in [0.25, 0.3) is 0 Å². The molecule has 0 saturated carbocycles. The molecule has 2 aromatic heterocycles. The van der Waals surface area contributed by atoms with Crippen LogP contribution in [0.2, 0.25) is 0 Å². The predicted octanol–water partition coefficient (Wildman–Crippen LogP) is 3.16. The molecule has 0 aliphatic rings. The molecule has 2 heterocycles. The zero-order chi connectivity index (χ0) is 13.2. The second-order valence-electron chi connectivity index (χ2n) is 4.27. The topological polar surface area (TPSA) is 61.0 Å². The summed E-state index contributed by atoms with van der Waals surface area (Å²) in [6.07, 6.45) is 0. The Kier molecular flexibility index (Phi) is 3.05. The molecule has 96 valence electrons. The Balaban J connectivity index is 1.79. The molecule has 5 heteroatoms. The third kappa shape index (κ3) is 2.51. The van der Waals surface area contributed by atoms with Crippen molar-refractivity contribution in [3.63, 3.8) is 0 Å². The van der Waals surface area contributed by atoms with Crippen molar-refractivity contribution in [3.05, 3.63) is 47.1 Å². The zero-order valence-corrected chi connectivity index (χ0v) is 11.3. The lowest BCUT2D eigenvalue weighted by molar-refractivity contribution is 0.296. The van der Waals surface area contributed by atoms with E-state index >= 15 is 0 Å². The van der Waals surface area contributed by atoms with E-state index in [1.807, 2.05) is 42.6 Å². The van der Waals surface area contributed by atoms with Gasteiger partial charge in [0.2, 0.25) is 0 Å². The third-order valence-electron chi connectivity index (χ3n) is 2.79. The van der Waals surface area contributed by atoms with E-state index in [4.69, 9.17) is 10.5 Å². The highest BCUT2D eigenvalue weighted by Crippen LogP contribution is 2.23. The Morgan fingerprint density at radius 1 is 1.16 bits per heavy atom. The van der Waals surface area contributed by atoms with Gasteiger partial charge in [-0.15, -0.1) is 11.3 Å². The molecule has 0 radical (unpaired) electrons. The van der Waals surface area contributed by atoms with E-state index in [2.05, 4.69) is 9.97 Å². The number of hydrogen-bond donors (Lipinski definition) is 1. The smallest absolute Gasteiger partial charge is 0.169 e. The minimum absolute atomic E-state index is 0.321. The molecule has 0 fully saturated rings. The van der Waals surface area contributed by atoms with Gasteiger partial charge in [0, 0.05) is 0 Å². The summed E-state index contributed by atoms with van der Waals surface area (Å²) in [5.74, 6) is 1.92. The zero-order valence-electron chi connectivity index (χ0n) is 10.5. The third-order valence-corrected chi connectivity index (χ3v) is 3.60. The van der Waals surface area contributed by atoms with Crippen LogP contribution in [0.1, 0.15) is 11.4 Å². The second-order valence-corrected chi connectivity index (χ2v) is 5.16. The van der Waals surface area contributed by atoms with Crippen molar-refractivity contribution in [2.75, 3.05) is 5.73 Å². The average Bonchev–Trinajstić information content (AvgIpc) is 2.87. The fraction of sp³-hybridized carbons (Fsp3) is 0.143. The number of nitrogens with two attached hydrogens (primary N) is 1. The van der Waals surface area contributed by atoms with E-state index in [-0.39, 0.29) is 0 Å². The number of nitrogens with zero attached hydrogens (tertiary/aromatic N) is 2. The van der Waals surface area contributed by atoms with Crippen LogP contribution < -0.4 is 10.5 Å². The Morgan fingerprint density at radius 2 is 1.95 bits per heavy atom. The molecule has 0 spiro atoms. The van der Waals surface area contributed by atoms with Crippen LogP contribution in [0.25, 0.3) is 10.2 Å². The number of benzene rings is 1. The molecule has 0 aliphatic carbocycles. The largest absolute Gasteiger partial charge is 0.486 e. The monoisotopic (exact) mass is 271 g/mol. The molecule has 3 rings (SSSR count). The first kappa shape index (κ1) is 11.9. The summed E-state index contributed by atoms with van der Waals surface area (Å²) >= 11 is 1.55. The van der Waals surface area contributed by atoms with E-state index in [1.54, 1.807) is 11.3 Å². The predicted molar refractivity (Wildman–Crippen MR) is 77.3 cm³/mol. The van der Waals surface area contributed by atoms with Crippen LogP contribution in [-0.4, -0.2) is 9.97 Å². The van der Waals surface area contributed by atoms with Crippen LogP contribution in [0.15, 0.2) is 35.7 Å². The standard InChI is InChI=1S/C14H13N3OS/c1-9-2-4-10(5-3-9)18-8-12-16-13(15)11-6-7-19-14(11)17-12/h2-7H,8H2,1H3,(H2,15,16,17). The SMILES string of the molecule is Cc1ccc(OCc2nc(N)c3ccsc3n2)cc1. The van der Waals surface area contributed by atoms with E-state index in [0.717, 1.165) is 16.0 Å². The normalized spacial score (nSPS) is 10.8. The molecule has 1 aromatic carbocycles. The Bertz CT molecular complexity index is 706. The fourth-order valence-corrected chi connectivity index (χ4v) is 2.56. The van der Waals surface area contributed by atoms with Crippen molar-refractivity contribution >= 4 is 27.4 Å². The number of rotatable bonds is 3. The van der Waals surface area contributed by atoms with Crippen molar-refractivity contribution < 1.29 is 4.74 Å². The summed E-state index contributed by atoms with van der Waals surface area (Å²) in [6.45, 7) is 2.36. The van der Waals surface area contributed by atoms with Gasteiger partial charge in [-0.05, 0) is 30.5 Å². The van der Waals surface area contributed by atoms with E-state index in [9.17, 15) is 0 Å². The number of hydrogen-bond acceptors (Lipinski definition) is 5. The number of thiophene rings is 1. The maximum absolute atomic E-state index is 5.89. The molecule has 2 N–H and O–H groups in total. The minimum Gasteiger partial charge on any atom is -0.486 e. The van der Waals surface area contributed by atoms with Gasteiger partial charge in [-0.1, -0.05) is 17.7 Å². The van der Waals surface area contributed by atoms with Crippen molar-refractivity contribution in [2.45, 2.75) is 13.5 Å². The van der Waals surface area contributed by atoms with Crippen LogP contribution in [0.5, 0.6) is 5.75 Å². The van der Waals surface area contributed by atoms with Gasteiger partial charge in [0.15, 0.2) is 5.82 Å². The molecule has 4 nitrogen and oxygen atoms in total. The lowest BCUT2D eigenvalue weighted by Crippen LogP contribution is -2.04. The Morgan fingerprint density at radius 3 is 2.74 bits per heavy atom. The Labute approximate surface area is 114 Å². The molecule has 0 unspecified atom stereocenters. The van der Waals surface area contributed by atoms with Crippen LogP contribution in [0.4, 0.5) is 5.82 Å². The van der Waals surface area contributed by atoms with Crippen LogP contribution >= 0.6 is 11.3 Å². The highest BCUT2D eigenvalue weighted by atomic mass is 32.1. The summed E-state index contributed by atoms with van der Waals surface area (Å²) in [7, 11) is 0. The van der Waals surface area contributed by atoms with Crippen molar-refractivity contribution in [3.8, 4) is 5.75 Å².